The molecule has 0 amide bonds. The summed E-state index contributed by atoms with van der Waals surface area (Å²) in [6.07, 6.45) is 11.6. The molecule has 0 saturated heterocycles. The lowest BCUT2D eigenvalue weighted by atomic mass is 9.46. The van der Waals surface area contributed by atoms with Crippen molar-refractivity contribution >= 4 is 16.7 Å². The quantitative estimate of drug-likeness (QED) is 0.524. The number of benzene rings is 1. The Balaban J connectivity index is 1.30. The summed E-state index contributed by atoms with van der Waals surface area (Å²) in [5.41, 5.74) is 2.29. The van der Waals surface area contributed by atoms with Gasteiger partial charge in [-0.15, -0.1) is 0 Å². The summed E-state index contributed by atoms with van der Waals surface area (Å²) in [5.74, 6) is 8.72. The van der Waals surface area contributed by atoms with Gasteiger partial charge < -0.3 is 5.11 Å². The number of hydrogen-bond acceptors (Lipinski definition) is 3. The minimum atomic E-state index is -0.951. The Hall–Kier alpha value is -2.44. The number of ketones is 1. The number of rotatable bonds is 0. The molecule has 1 heterocycles. The standard InChI is InChI=1S/C30H33NO2/c1-28-13-10-23(32)18-22(28)7-8-24-25(28)11-14-29(2)26(24)12-16-30(29,33)15-9-20-17-21-5-3-4-6-27(21)31-19-20/h3-6,17-19,24-26,33H,7-8,10-14,16H2,1-2H3/t24-,25+,26+,28+,29+,30+/m1/s1. The van der Waals surface area contributed by atoms with E-state index in [2.05, 4.69) is 42.8 Å². The van der Waals surface area contributed by atoms with Crippen LogP contribution in [0.4, 0.5) is 0 Å². The van der Waals surface area contributed by atoms with Crippen LogP contribution in [0.1, 0.15) is 70.8 Å². The van der Waals surface area contributed by atoms with Crippen molar-refractivity contribution < 1.29 is 9.90 Å². The second-order valence-electron chi connectivity index (χ2n) is 11.5. The van der Waals surface area contributed by atoms with Crippen molar-refractivity contribution in [1.82, 2.24) is 4.98 Å². The normalized spacial score (nSPS) is 39.7. The van der Waals surface area contributed by atoms with E-state index in [0.717, 1.165) is 61.4 Å². The Morgan fingerprint density at radius 3 is 2.73 bits per heavy atom. The van der Waals surface area contributed by atoms with Gasteiger partial charge >= 0.3 is 0 Å². The second kappa shape index (κ2) is 7.28. The highest BCUT2D eigenvalue weighted by Crippen LogP contribution is 2.67. The first kappa shape index (κ1) is 21.1. The largest absolute Gasteiger partial charge is 0.377 e. The molecule has 3 heteroatoms. The van der Waals surface area contributed by atoms with Crippen LogP contribution in [0.15, 0.2) is 48.2 Å². The molecule has 0 bridgehead atoms. The van der Waals surface area contributed by atoms with Crippen LogP contribution >= 0.6 is 0 Å². The van der Waals surface area contributed by atoms with Crippen molar-refractivity contribution in [3.63, 3.8) is 0 Å². The predicted octanol–water partition coefficient (Wildman–Crippen LogP) is 5.85. The smallest absolute Gasteiger partial charge is 0.155 e. The minimum absolute atomic E-state index is 0.168. The van der Waals surface area contributed by atoms with Crippen LogP contribution in [0, 0.1) is 40.4 Å². The van der Waals surface area contributed by atoms with E-state index < -0.39 is 5.60 Å². The molecule has 0 radical (unpaired) electrons. The molecule has 6 rings (SSSR count). The first-order chi connectivity index (χ1) is 15.8. The Labute approximate surface area is 196 Å². The highest BCUT2D eigenvalue weighted by atomic mass is 16.3. The third kappa shape index (κ3) is 3.07. The summed E-state index contributed by atoms with van der Waals surface area (Å²) in [5, 5.41) is 13.0. The molecule has 2 aromatic rings. The van der Waals surface area contributed by atoms with Crippen LogP contribution in [-0.4, -0.2) is 21.5 Å². The molecule has 33 heavy (non-hydrogen) atoms. The molecule has 3 saturated carbocycles. The number of pyridine rings is 1. The van der Waals surface area contributed by atoms with Crippen molar-refractivity contribution in [3.8, 4) is 11.8 Å². The van der Waals surface area contributed by atoms with Gasteiger partial charge in [0.2, 0.25) is 0 Å². The fraction of sp³-hybridized carbons (Fsp3) is 0.533. The van der Waals surface area contributed by atoms with Gasteiger partial charge in [-0.1, -0.05) is 49.5 Å². The number of aromatic nitrogens is 1. The summed E-state index contributed by atoms with van der Waals surface area (Å²) in [6, 6.07) is 10.2. The molecule has 1 aromatic heterocycles. The molecule has 3 fully saturated rings. The van der Waals surface area contributed by atoms with Crippen molar-refractivity contribution in [2.75, 3.05) is 0 Å². The van der Waals surface area contributed by atoms with Crippen molar-refractivity contribution in [3.05, 3.63) is 53.7 Å². The average Bonchev–Trinajstić information content (AvgIpc) is 3.09. The number of carbonyl (C=O) groups is 1. The molecule has 0 unspecified atom stereocenters. The zero-order valence-electron chi connectivity index (χ0n) is 19.7. The fourth-order valence-corrected chi connectivity index (χ4v) is 8.10. The third-order valence-electron chi connectivity index (χ3n) is 10.1. The van der Waals surface area contributed by atoms with Gasteiger partial charge in [0.1, 0.15) is 5.60 Å². The number of nitrogens with zero attached hydrogens (tertiary/aromatic N) is 1. The van der Waals surface area contributed by atoms with Crippen LogP contribution in [0.2, 0.25) is 0 Å². The average molecular weight is 440 g/mol. The van der Waals surface area contributed by atoms with E-state index in [0.29, 0.717) is 30.0 Å². The number of carbonyl (C=O) groups excluding carboxylic acids is 1. The number of aliphatic hydroxyl groups is 1. The maximum Gasteiger partial charge on any atom is 0.155 e. The summed E-state index contributed by atoms with van der Waals surface area (Å²) < 4.78 is 0. The van der Waals surface area contributed by atoms with E-state index in [4.69, 9.17) is 0 Å². The molecule has 4 aliphatic rings. The Morgan fingerprint density at radius 1 is 1.03 bits per heavy atom. The molecule has 0 aliphatic heterocycles. The van der Waals surface area contributed by atoms with Gasteiger partial charge in [0.25, 0.3) is 0 Å². The van der Waals surface area contributed by atoms with Gasteiger partial charge in [-0.05, 0) is 86.3 Å². The molecule has 1 aromatic carbocycles. The Bertz CT molecular complexity index is 1230. The maximum absolute atomic E-state index is 12.1. The molecular weight excluding hydrogens is 406 g/mol. The monoisotopic (exact) mass is 439 g/mol. The molecule has 1 N–H and O–H groups in total. The summed E-state index contributed by atoms with van der Waals surface area (Å²) in [4.78, 5) is 16.6. The lowest BCUT2D eigenvalue weighted by Crippen LogP contribution is -2.54. The van der Waals surface area contributed by atoms with Crippen LogP contribution in [0.3, 0.4) is 0 Å². The lowest BCUT2D eigenvalue weighted by molar-refractivity contribution is -0.119. The number of para-hydroxylation sites is 1. The molecule has 3 nitrogen and oxygen atoms in total. The Kier molecular flexibility index (Phi) is 4.66. The molecule has 6 atom stereocenters. The van der Waals surface area contributed by atoms with Crippen LogP contribution in [0.5, 0.6) is 0 Å². The van der Waals surface area contributed by atoms with Gasteiger partial charge in [-0.3, -0.25) is 9.78 Å². The highest BCUT2D eigenvalue weighted by Gasteiger charge is 2.63. The molecule has 4 aliphatic carbocycles. The fourth-order valence-electron chi connectivity index (χ4n) is 8.10. The van der Waals surface area contributed by atoms with Gasteiger partial charge in [-0.2, -0.15) is 0 Å². The molecular formula is C30H33NO2. The van der Waals surface area contributed by atoms with E-state index in [-0.39, 0.29) is 10.8 Å². The van der Waals surface area contributed by atoms with Gasteiger partial charge in [0.15, 0.2) is 5.78 Å². The van der Waals surface area contributed by atoms with Crippen LogP contribution in [0.25, 0.3) is 10.9 Å². The van der Waals surface area contributed by atoms with Crippen molar-refractivity contribution in [2.24, 2.45) is 28.6 Å². The first-order valence-corrected chi connectivity index (χ1v) is 12.7. The number of hydrogen-bond donors (Lipinski definition) is 1. The maximum atomic E-state index is 12.1. The van der Waals surface area contributed by atoms with E-state index in [1.54, 1.807) is 0 Å². The van der Waals surface area contributed by atoms with Crippen molar-refractivity contribution in [1.29, 1.82) is 0 Å². The van der Waals surface area contributed by atoms with Gasteiger partial charge in [0, 0.05) is 29.0 Å². The van der Waals surface area contributed by atoms with Gasteiger partial charge in [-0.25, -0.2) is 0 Å². The van der Waals surface area contributed by atoms with Crippen LogP contribution in [-0.2, 0) is 4.79 Å². The number of allylic oxidation sites excluding steroid dienone is 1. The van der Waals surface area contributed by atoms with E-state index in [1.807, 2.05) is 30.5 Å². The van der Waals surface area contributed by atoms with Gasteiger partial charge in [0.05, 0.1) is 5.52 Å². The van der Waals surface area contributed by atoms with E-state index in [9.17, 15) is 9.90 Å². The first-order valence-electron chi connectivity index (χ1n) is 12.7. The SMILES string of the molecule is C[C@]12CCC(=O)C=C1CC[C@@H]1[C@@H]2CC[C@@]2(C)[C@H]1CC[C@@]2(O)C#Cc1cnc2ccccc2c1. The third-order valence-corrected chi connectivity index (χ3v) is 10.1. The summed E-state index contributed by atoms with van der Waals surface area (Å²) >= 11 is 0. The highest BCUT2D eigenvalue weighted by molar-refractivity contribution is 5.91. The number of fused-ring (bicyclic) bond motifs is 6. The van der Waals surface area contributed by atoms with Crippen LogP contribution < -0.4 is 0 Å². The summed E-state index contributed by atoms with van der Waals surface area (Å²) in [7, 11) is 0. The second-order valence-corrected chi connectivity index (χ2v) is 11.5. The zero-order valence-corrected chi connectivity index (χ0v) is 19.7. The topological polar surface area (TPSA) is 50.2 Å². The van der Waals surface area contributed by atoms with E-state index >= 15 is 0 Å². The zero-order chi connectivity index (χ0) is 22.8. The Morgan fingerprint density at radius 2 is 1.85 bits per heavy atom. The lowest BCUT2D eigenvalue weighted by Gasteiger charge is -2.58. The minimum Gasteiger partial charge on any atom is -0.377 e. The molecule has 170 valence electrons. The van der Waals surface area contributed by atoms with E-state index in [1.165, 1.54) is 5.57 Å². The summed E-state index contributed by atoms with van der Waals surface area (Å²) in [6.45, 7) is 4.71. The predicted molar refractivity (Wildman–Crippen MR) is 130 cm³/mol. The molecule has 0 spiro atoms. The van der Waals surface area contributed by atoms with Crippen molar-refractivity contribution in [2.45, 2.75) is 70.8 Å².